The number of allylic oxidation sites excluding steroid dienone is 12. The van der Waals surface area contributed by atoms with Gasteiger partial charge in [0.2, 0.25) is 0 Å². The highest BCUT2D eigenvalue weighted by molar-refractivity contribution is 7.47. The standard InChI is InChI=1S/C53H87O15P/c1-3-5-7-8-9-10-11-12-13-14-15-16-17-18-19-20-21-26-34-40-47(57)67-45(42-66-69(63,64)68-53-51(61)49(59)48(58)50(60)52(53)62)41-65-46(56)39-33-25-23-22-24-30-36-44(55)38-32-28-27-31-37-43(54)35-29-6-4-2/h6,9-10,12-13,23-25,27-32,37-38,43-45,48-55,58-62H,3-5,7-8,11,14-22,26,33-36,39-42H2,1-2H3,(H,63,64)/b10-9-,13-12-,25-23-,28-27-,29-6-,30-24-,37-31+,38-32+/t43-,44+,45-,48?,49-,50+,51-,52-,53?/m1/s1. The third kappa shape index (κ3) is 33.8. The van der Waals surface area contributed by atoms with Crippen molar-refractivity contribution in [1.29, 1.82) is 0 Å². The van der Waals surface area contributed by atoms with Gasteiger partial charge in [-0.3, -0.25) is 18.6 Å². The van der Waals surface area contributed by atoms with E-state index in [9.17, 15) is 54.8 Å². The highest BCUT2D eigenvalue weighted by Gasteiger charge is 2.51. The van der Waals surface area contributed by atoms with Crippen molar-refractivity contribution in [2.45, 2.75) is 210 Å². The molecule has 1 saturated carbocycles. The summed E-state index contributed by atoms with van der Waals surface area (Å²) < 4.78 is 33.5. The number of carbonyl (C=O) groups excluding carboxylic acids is 2. The molecule has 1 fully saturated rings. The van der Waals surface area contributed by atoms with E-state index in [1.165, 1.54) is 44.9 Å². The monoisotopic (exact) mass is 995 g/mol. The van der Waals surface area contributed by atoms with Gasteiger partial charge < -0.3 is 50.1 Å². The predicted molar refractivity (Wildman–Crippen MR) is 270 cm³/mol. The molecule has 0 spiro atoms. The van der Waals surface area contributed by atoms with Crippen molar-refractivity contribution in [3.8, 4) is 0 Å². The van der Waals surface area contributed by atoms with Crippen LogP contribution in [0, 0.1) is 0 Å². The molecule has 10 atom stereocenters. The van der Waals surface area contributed by atoms with Crippen molar-refractivity contribution in [3.63, 3.8) is 0 Å². The summed E-state index contributed by atoms with van der Waals surface area (Å²) in [7, 11) is -5.17. The topological polar surface area (TPSA) is 250 Å². The summed E-state index contributed by atoms with van der Waals surface area (Å²) >= 11 is 0. The van der Waals surface area contributed by atoms with Gasteiger partial charge in [-0.25, -0.2) is 4.57 Å². The molecule has 1 aliphatic carbocycles. The van der Waals surface area contributed by atoms with Crippen LogP contribution < -0.4 is 0 Å². The first-order chi connectivity index (χ1) is 33.2. The summed E-state index contributed by atoms with van der Waals surface area (Å²) in [5.41, 5.74) is 0. The molecule has 394 valence electrons. The molecule has 0 bridgehead atoms. The molecule has 69 heavy (non-hydrogen) atoms. The highest BCUT2D eigenvalue weighted by Crippen LogP contribution is 2.47. The van der Waals surface area contributed by atoms with Gasteiger partial charge >= 0.3 is 19.8 Å². The third-order valence-corrected chi connectivity index (χ3v) is 12.1. The Labute approximate surface area is 412 Å². The number of phosphoric ester groups is 1. The lowest BCUT2D eigenvalue weighted by atomic mass is 9.85. The van der Waals surface area contributed by atoms with Gasteiger partial charge in [-0.1, -0.05) is 169 Å². The Hall–Kier alpha value is -3.31. The Kier molecular flexibility index (Phi) is 38.2. The van der Waals surface area contributed by atoms with Crippen LogP contribution in [0.5, 0.6) is 0 Å². The molecular weight excluding hydrogens is 908 g/mol. The third-order valence-electron chi connectivity index (χ3n) is 11.1. The molecule has 0 aromatic heterocycles. The molecule has 0 aromatic carbocycles. The maximum atomic E-state index is 12.8. The first-order valence-corrected chi connectivity index (χ1v) is 26.8. The van der Waals surface area contributed by atoms with Gasteiger partial charge in [0.1, 0.15) is 43.2 Å². The molecule has 0 heterocycles. The second-order valence-electron chi connectivity index (χ2n) is 17.3. The van der Waals surface area contributed by atoms with E-state index in [2.05, 4.69) is 31.2 Å². The van der Waals surface area contributed by atoms with Crippen molar-refractivity contribution in [3.05, 3.63) is 97.2 Å². The Morgan fingerprint density at radius 1 is 0.536 bits per heavy atom. The molecule has 0 aromatic rings. The molecule has 3 unspecified atom stereocenters. The lowest BCUT2D eigenvalue weighted by molar-refractivity contribution is -0.220. The Balaban J connectivity index is 2.52. The van der Waals surface area contributed by atoms with Crippen LogP contribution in [0.25, 0.3) is 0 Å². The molecule has 8 N–H and O–H groups in total. The van der Waals surface area contributed by atoms with Gasteiger partial charge in [-0.15, -0.1) is 0 Å². The molecular formula is C53H87O15P. The number of hydrogen-bond donors (Lipinski definition) is 8. The molecule has 0 aliphatic heterocycles. The predicted octanol–water partition coefficient (Wildman–Crippen LogP) is 8.56. The number of unbranched alkanes of at least 4 members (excludes halogenated alkanes) is 12. The summed E-state index contributed by atoms with van der Waals surface area (Å²) in [6, 6.07) is 0. The number of ether oxygens (including phenoxy) is 2. The van der Waals surface area contributed by atoms with E-state index < -0.39 is 87.9 Å². The highest BCUT2D eigenvalue weighted by atomic mass is 31.2. The maximum Gasteiger partial charge on any atom is 0.472 e. The zero-order chi connectivity index (χ0) is 51.0. The fourth-order valence-electron chi connectivity index (χ4n) is 6.99. The van der Waals surface area contributed by atoms with E-state index in [0.29, 0.717) is 32.1 Å². The first kappa shape index (κ1) is 63.7. The average Bonchev–Trinajstić information content (AvgIpc) is 3.32. The number of esters is 2. The number of carbonyl (C=O) groups is 2. The van der Waals surface area contributed by atoms with Crippen molar-refractivity contribution in [1.82, 2.24) is 0 Å². The Morgan fingerprint density at radius 2 is 1.01 bits per heavy atom. The second-order valence-corrected chi connectivity index (χ2v) is 18.7. The number of hydrogen-bond acceptors (Lipinski definition) is 14. The minimum Gasteiger partial charge on any atom is -0.462 e. The van der Waals surface area contributed by atoms with Gasteiger partial charge in [-0.2, -0.15) is 0 Å². The lowest BCUT2D eigenvalue weighted by Crippen LogP contribution is -2.64. The average molecular weight is 995 g/mol. The van der Waals surface area contributed by atoms with Gasteiger partial charge in [0.15, 0.2) is 6.10 Å². The molecule has 0 amide bonds. The molecule has 16 heteroatoms. The summed E-state index contributed by atoms with van der Waals surface area (Å²) in [6.07, 6.45) is 35.1. The normalized spacial score (nSPS) is 22.6. The number of aliphatic hydroxyl groups excluding tert-OH is 7. The SMILES string of the molecule is CC/C=C\C[C@@H](O)/C=C/C=C\C=C\[C@@H](O)C/C=C\C/C=C\CCC(=O)OC[C@H](COP(=O)(O)OC1[C@H](O)[C@H](O)C(O)[C@H](O)[C@H]1O)OC(=O)CCCCCCCCCCC/C=C\C/C=C\CCCCC. The first-order valence-electron chi connectivity index (χ1n) is 25.3. The van der Waals surface area contributed by atoms with Crippen molar-refractivity contribution in [2.24, 2.45) is 0 Å². The van der Waals surface area contributed by atoms with E-state index in [0.717, 1.165) is 51.4 Å². The van der Waals surface area contributed by atoms with E-state index in [1.54, 1.807) is 42.5 Å². The molecule has 0 saturated heterocycles. The van der Waals surface area contributed by atoms with E-state index in [1.807, 2.05) is 37.3 Å². The minimum atomic E-state index is -5.17. The van der Waals surface area contributed by atoms with Crippen LogP contribution in [-0.4, -0.2) is 121 Å². The molecule has 1 aliphatic rings. The van der Waals surface area contributed by atoms with Gasteiger partial charge in [0.25, 0.3) is 0 Å². The van der Waals surface area contributed by atoms with Crippen LogP contribution in [0.3, 0.4) is 0 Å². The summed E-state index contributed by atoms with van der Waals surface area (Å²) in [6.45, 7) is 2.94. The van der Waals surface area contributed by atoms with Crippen molar-refractivity contribution >= 4 is 19.8 Å². The fourth-order valence-corrected chi connectivity index (χ4v) is 7.96. The van der Waals surface area contributed by atoms with Gasteiger partial charge in [-0.05, 0) is 70.6 Å². The molecule has 0 radical (unpaired) electrons. The van der Waals surface area contributed by atoms with Gasteiger partial charge in [0.05, 0.1) is 18.8 Å². The van der Waals surface area contributed by atoms with Crippen LogP contribution in [0.4, 0.5) is 0 Å². The summed E-state index contributed by atoms with van der Waals surface area (Å²) in [4.78, 5) is 35.8. The van der Waals surface area contributed by atoms with Crippen LogP contribution in [0.15, 0.2) is 97.2 Å². The zero-order valence-corrected chi connectivity index (χ0v) is 42.2. The summed E-state index contributed by atoms with van der Waals surface area (Å²) in [5, 5.41) is 70.3. The second kappa shape index (κ2) is 41.3. The number of phosphoric acid groups is 1. The van der Waals surface area contributed by atoms with Crippen molar-refractivity contribution in [2.75, 3.05) is 13.2 Å². The largest absolute Gasteiger partial charge is 0.472 e. The Bertz CT molecular complexity index is 1600. The molecule has 1 rings (SSSR count). The van der Waals surface area contributed by atoms with Crippen LogP contribution in [0.2, 0.25) is 0 Å². The quantitative estimate of drug-likeness (QED) is 0.00942. The van der Waals surface area contributed by atoms with Crippen LogP contribution >= 0.6 is 7.82 Å². The fraction of sp³-hybridized carbons (Fsp3) is 0.660. The summed E-state index contributed by atoms with van der Waals surface area (Å²) in [5.74, 6) is -1.28. The van der Waals surface area contributed by atoms with Crippen molar-refractivity contribution < 1.29 is 73.3 Å². The number of rotatable bonds is 40. The smallest absolute Gasteiger partial charge is 0.462 e. The minimum absolute atomic E-state index is 0.0207. The molecule has 15 nitrogen and oxygen atoms in total. The zero-order valence-electron chi connectivity index (χ0n) is 41.3. The Morgan fingerprint density at radius 3 is 1.57 bits per heavy atom. The number of aliphatic hydroxyl groups is 7. The van der Waals surface area contributed by atoms with E-state index in [4.69, 9.17) is 18.5 Å². The lowest BCUT2D eigenvalue weighted by Gasteiger charge is -2.41. The maximum absolute atomic E-state index is 12.8. The van der Waals surface area contributed by atoms with Gasteiger partial charge in [0, 0.05) is 12.8 Å². The van der Waals surface area contributed by atoms with E-state index >= 15 is 0 Å². The van der Waals surface area contributed by atoms with Crippen LogP contribution in [-0.2, 0) is 32.7 Å². The van der Waals surface area contributed by atoms with Crippen LogP contribution in [0.1, 0.15) is 155 Å². The van der Waals surface area contributed by atoms with E-state index in [-0.39, 0.29) is 12.8 Å².